The van der Waals surface area contributed by atoms with Crippen LogP contribution in [0.25, 0.3) is 0 Å². The van der Waals surface area contributed by atoms with Gasteiger partial charge in [0.1, 0.15) is 0 Å². The Morgan fingerprint density at radius 1 is 1.21 bits per heavy atom. The lowest BCUT2D eigenvalue weighted by Crippen LogP contribution is -2.42. The standard InChI is InChI=1S/C25H34ClFN4O3/c1-6-31(18-9-7-17(8-10-18)30(3)4)21-12-16(26)11-19(15(21)2)25(33)28-14-20-22(32)13-23(34-5)29-24(20)27/h11-13,17-18H,6-10,14H2,1-5H3,(H,28,33)(H,29,32)/t17-,18-. The number of aromatic amines is 1. The first-order valence-electron chi connectivity index (χ1n) is 11.6. The van der Waals surface area contributed by atoms with Gasteiger partial charge in [0.2, 0.25) is 5.95 Å². The maximum absolute atomic E-state index is 14.3. The average Bonchev–Trinajstić information content (AvgIpc) is 2.80. The van der Waals surface area contributed by atoms with E-state index in [0.29, 0.717) is 22.7 Å². The monoisotopic (exact) mass is 492 g/mol. The highest BCUT2D eigenvalue weighted by Gasteiger charge is 2.28. The molecule has 1 saturated carbocycles. The van der Waals surface area contributed by atoms with Crippen LogP contribution in [0.4, 0.5) is 10.1 Å². The molecule has 2 aromatic rings. The van der Waals surface area contributed by atoms with Gasteiger partial charge in [0.25, 0.3) is 5.91 Å². The molecule has 0 bridgehead atoms. The molecule has 0 aliphatic heterocycles. The Morgan fingerprint density at radius 2 is 1.85 bits per heavy atom. The highest BCUT2D eigenvalue weighted by molar-refractivity contribution is 6.31. The van der Waals surface area contributed by atoms with Crippen LogP contribution in [0.15, 0.2) is 23.0 Å². The summed E-state index contributed by atoms with van der Waals surface area (Å²) >= 11 is 6.43. The molecule has 1 aliphatic rings. The summed E-state index contributed by atoms with van der Waals surface area (Å²) in [7, 11) is 5.58. The Balaban J connectivity index is 1.81. The first kappa shape index (κ1) is 26.0. The summed E-state index contributed by atoms with van der Waals surface area (Å²) in [4.78, 5) is 32.2. The SMILES string of the molecule is CCN(c1cc(Cl)cc(C(=O)NCc2c(F)[nH]c(OC)cc2=O)c1C)[C@H]1CC[C@H](N(C)C)CC1. The van der Waals surface area contributed by atoms with Crippen LogP contribution in [0.5, 0.6) is 5.88 Å². The molecule has 1 heterocycles. The van der Waals surface area contributed by atoms with Crippen LogP contribution in [-0.2, 0) is 6.54 Å². The summed E-state index contributed by atoms with van der Waals surface area (Å²) in [5.74, 6) is -1.23. The number of halogens is 2. The van der Waals surface area contributed by atoms with Crippen molar-refractivity contribution in [3.63, 3.8) is 0 Å². The third-order valence-electron chi connectivity index (χ3n) is 6.78. The molecule has 3 rings (SSSR count). The highest BCUT2D eigenvalue weighted by atomic mass is 35.5. The van der Waals surface area contributed by atoms with E-state index in [9.17, 15) is 14.0 Å². The Morgan fingerprint density at radius 3 is 2.41 bits per heavy atom. The minimum atomic E-state index is -0.835. The van der Waals surface area contributed by atoms with Gasteiger partial charge >= 0.3 is 0 Å². The van der Waals surface area contributed by atoms with Crippen molar-refractivity contribution in [2.75, 3.05) is 32.6 Å². The van der Waals surface area contributed by atoms with Crippen molar-refractivity contribution in [1.82, 2.24) is 15.2 Å². The van der Waals surface area contributed by atoms with Crippen LogP contribution < -0.4 is 20.4 Å². The summed E-state index contributed by atoms with van der Waals surface area (Å²) in [5, 5.41) is 3.12. The topological polar surface area (TPSA) is 77.7 Å². The van der Waals surface area contributed by atoms with E-state index in [4.69, 9.17) is 16.3 Å². The molecule has 0 radical (unpaired) electrons. The Kier molecular flexibility index (Phi) is 8.60. The molecular formula is C25H34ClFN4O3. The molecule has 1 aromatic heterocycles. The molecule has 0 unspecified atom stereocenters. The molecule has 7 nitrogen and oxygen atoms in total. The number of hydrogen-bond donors (Lipinski definition) is 2. The van der Waals surface area contributed by atoms with Crippen molar-refractivity contribution in [2.45, 2.75) is 58.2 Å². The number of amides is 1. The van der Waals surface area contributed by atoms with E-state index in [-0.39, 0.29) is 18.0 Å². The van der Waals surface area contributed by atoms with E-state index in [2.05, 4.69) is 41.1 Å². The Hall–Kier alpha value is -2.58. The van der Waals surface area contributed by atoms with E-state index < -0.39 is 17.3 Å². The smallest absolute Gasteiger partial charge is 0.251 e. The van der Waals surface area contributed by atoms with Gasteiger partial charge in [-0.05, 0) is 71.3 Å². The van der Waals surface area contributed by atoms with Crippen LogP contribution in [0.1, 0.15) is 54.1 Å². The normalized spacial score (nSPS) is 18.1. The lowest BCUT2D eigenvalue weighted by atomic mass is 9.89. The number of anilines is 1. The highest BCUT2D eigenvalue weighted by Crippen LogP contribution is 2.34. The van der Waals surface area contributed by atoms with Gasteiger partial charge in [0.15, 0.2) is 11.3 Å². The van der Waals surface area contributed by atoms with E-state index in [0.717, 1.165) is 49.5 Å². The molecule has 1 fully saturated rings. The number of H-pyrrole nitrogens is 1. The maximum atomic E-state index is 14.3. The molecule has 1 aromatic carbocycles. The summed E-state index contributed by atoms with van der Waals surface area (Å²) in [5.41, 5.74) is 1.43. The second kappa shape index (κ2) is 11.2. The van der Waals surface area contributed by atoms with Gasteiger partial charge in [0.05, 0.1) is 19.2 Å². The third-order valence-corrected chi connectivity index (χ3v) is 7.00. The molecule has 2 N–H and O–H groups in total. The predicted molar refractivity (Wildman–Crippen MR) is 134 cm³/mol. The van der Waals surface area contributed by atoms with Crippen molar-refractivity contribution in [3.8, 4) is 5.88 Å². The van der Waals surface area contributed by atoms with Gasteiger partial charge < -0.3 is 24.8 Å². The van der Waals surface area contributed by atoms with Crippen LogP contribution in [0, 0.1) is 12.9 Å². The molecule has 0 saturated heterocycles. The fourth-order valence-electron chi connectivity index (χ4n) is 4.78. The van der Waals surface area contributed by atoms with Crippen molar-refractivity contribution < 1.29 is 13.9 Å². The van der Waals surface area contributed by atoms with Crippen molar-refractivity contribution >= 4 is 23.2 Å². The fourth-order valence-corrected chi connectivity index (χ4v) is 5.00. The number of nitrogens with zero attached hydrogens (tertiary/aromatic N) is 2. The van der Waals surface area contributed by atoms with Crippen molar-refractivity contribution in [1.29, 1.82) is 0 Å². The second-order valence-corrected chi connectivity index (χ2v) is 9.42. The first-order valence-corrected chi connectivity index (χ1v) is 12.0. The lowest BCUT2D eigenvalue weighted by Gasteiger charge is -2.40. The largest absolute Gasteiger partial charge is 0.482 e. The van der Waals surface area contributed by atoms with Gasteiger partial charge in [-0.25, -0.2) is 0 Å². The molecule has 9 heteroatoms. The number of ether oxygens (including phenoxy) is 1. The van der Waals surface area contributed by atoms with Crippen LogP contribution in [0.3, 0.4) is 0 Å². The van der Waals surface area contributed by atoms with E-state index >= 15 is 0 Å². The average molecular weight is 493 g/mol. The van der Waals surface area contributed by atoms with Crippen LogP contribution in [0.2, 0.25) is 5.02 Å². The Bertz CT molecular complexity index is 1080. The number of carbonyl (C=O) groups excluding carboxylic acids is 1. The quantitative estimate of drug-likeness (QED) is 0.542. The maximum Gasteiger partial charge on any atom is 0.251 e. The lowest BCUT2D eigenvalue weighted by molar-refractivity contribution is 0.0950. The number of nitrogens with one attached hydrogen (secondary N) is 2. The van der Waals surface area contributed by atoms with Gasteiger partial charge in [0, 0.05) is 41.0 Å². The van der Waals surface area contributed by atoms with Gasteiger partial charge in [-0.1, -0.05) is 11.6 Å². The number of carbonyl (C=O) groups is 1. The summed E-state index contributed by atoms with van der Waals surface area (Å²) in [6.07, 6.45) is 4.40. The van der Waals surface area contributed by atoms with Crippen molar-refractivity contribution in [2.24, 2.45) is 0 Å². The molecule has 34 heavy (non-hydrogen) atoms. The van der Waals surface area contributed by atoms with E-state index in [1.807, 2.05) is 13.0 Å². The van der Waals surface area contributed by atoms with E-state index in [1.54, 1.807) is 6.07 Å². The molecule has 1 amide bonds. The fraction of sp³-hybridized carbons (Fsp3) is 0.520. The minimum absolute atomic E-state index is 0.0205. The number of rotatable bonds is 8. The van der Waals surface area contributed by atoms with Gasteiger partial charge in [-0.3, -0.25) is 9.59 Å². The van der Waals surface area contributed by atoms with Crippen LogP contribution in [-0.4, -0.2) is 55.6 Å². The summed E-state index contributed by atoms with van der Waals surface area (Å²) in [6.45, 7) is 4.55. The molecule has 0 atom stereocenters. The Labute approximate surface area is 205 Å². The number of methoxy groups -OCH3 is 1. The number of hydrogen-bond acceptors (Lipinski definition) is 5. The molecular weight excluding hydrogens is 459 g/mol. The zero-order valence-electron chi connectivity index (χ0n) is 20.5. The molecule has 0 spiro atoms. The summed E-state index contributed by atoms with van der Waals surface area (Å²) < 4.78 is 19.1. The van der Waals surface area contributed by atoms with Crippen molar-refractivity contribution in [3.05, 3.63) is 56.1 Å². The number of benzene rings is 1. The van der Waals surface area contributed by atoms with E-state index in [1.165, 1.54) is 7.11 Å². The predicted octanol–water partition coefficient (Wildman–Crippen LogP) is 4.11. The second-order valence-electron chi connectivity index (χ2n) is 8.99. The van der Waals surface area contributed by atoms with Gasteiger partial charge in [-0.2, -0.15) is 4.39 Å². The number of aromatic nitrogens is 1. The molecule has 1 aliphatic carbocycles. The minimum Gasteiger partial charge on any atom is -0.482 e. The zero-order chi connectivity index (χ0) is 25.0. The summed E-state index contributed by atoms with van der Waals surface area (Å²) in [6, 6.07) is 5.64. The number of pyridine rings is 1. The molecule has 186 valence electrons. The third kappa shape index (κ3) is 5.73. The first-order chi connectivity index (χ1) is 16.2. The zero-order valence-corrected chi connectivity index (χ0v) is 21.3. The van der Waals surface area contributed by atoms with Crippen LogP contribution >= 0.6 is 11.6 Å². The van der Waals surface area contributed by atoms with Gasteiger partial charge in [-0.15, -0.1) is 0 Å².